The number of hydrogen-bond donors (Lipinski definition) is 2. The third-order valence-electron chi connectivity index (χ3n) is 3.24. The maximum atomic E-state index is 5.36. The summed E-state index contributed by atoms with van der Waals surface area (Å²) in [6.07, 6.45) is 5.73. The fraction of sp³-hybridized carbons (Fsp3) is 0.583. The topological polar surface area (TPSA) is 54.2 Å². The van der Waals surface area contributed by atoms with Gasteiger partial charge in [-0.05, 0) is 24.8 Å². The smallest absolute Gasteiger partial charge is 0.141 e. The molecule has 1 fully saturated rings. The van der Waals surface area contributed by atoms with Crippen LogP contribution in [0.25, 0.3) is 0 Å². The first kappa shape index (κ1) is 11.2. The van der Waals surface area contributed by atoms with Gasteiger partial charge in [0.25, 0.3) is 0 Å². The lowest BCUT2D eigenvalue weighted by atomic mass is 10.0. The van der Waals surface area contributed by atoms with Gasteiger partial charge in [-0.2, -0.15) is 0 Å². The molecule has 2 heterocycles. The van der Waals surface area contributed by atoms with Crippen molar-refractivity contribution in [3.63, 3.8) is 0 Å². The molecule has 88 valence electrons. The minimum Gasteiger partial charge on any atom is -0.371 e. The molecule has 1 aliphatic heterocycles. The van der Waals surface area contributed by atoms with Crippen LogP contribution in [0.4, 0.5) is 11.5 Å². The van der Waals surface area contributed by atoms with Gasteiger partial charge in [-0.3, -0.25) is 0 Å². The van der Waals surface area contributed by atoms with Crippen LogP contribution >= 0.6 is 0 Å². The maximum absolute atomic E-state index is 5.36. The number of nitrogens with two attached hydrogens (primary N) is 1. The van der Waals surface area contributed by atoms with Crippen molar-refractivity contribution in [2.45, 2.75) is 26.2 Å². The summed E-state index contributed by atoms with van der Waals surface area (Å²) >= 11 is 0. The fourth-order valence-corrected chi connectivity index (χ4v) is 2.41. The molecular formula is C12H20N4. The van der Waals surface area contributed by atoms with Crippen LogP contribution in [-0.2, 0) is 0 Å². The van der Waals surface area contributed by atoms with Gasteiger partial charge >= 0.3 is 0 Å². The van der Waals surface area contributed by atoms with Crippen LogP contribution in [-0.4, -0.2) is 18.1 Å². The number of rotatable bonds is 4. The second-order valence-corrected chi connectivity index (χ2v) is 4.43. The van der Waals surface area contributed by atoms with Crippen LogP contribution in [0, 0.1) is 5.92 Å². The van der Waals surface area contributed by atoms with Crippen molar-refractivity contribution in [3.05, 3.63) is 18.3 Å². The molecule has 0 radical (unpaired) electrons. The number of nitrogens with one attached hydrogen (secondary N) is 1. The predicted molar refractivity (Wildman–Crippen MR) is 67.3 cm³/mol. The van der Waals surface area contributed by atoms with E-state index in [9.17, 15) is 0 Å². The first-order valence-corrected chi connectivity index (χ1v) is 6.01. The SMILES string of the molecule is CCCC1CCN(c2ccnc(NN)c2)C1. The fourth-order valence-electron chi connectivity index (χ4n) is 2.41. The molecule has 1 aliphatic rings. The van der Waals surface area contributed by atoms with Gasteiger partial charge in [0.05, 0.1) is 0 Å². The summed E-state index contributed by atoms with van der Waals surface area (Å²) in [7, 11) is 0. The monoisotopic (exact) mass is 220 g/mol. The number of pyridine rings is 1. The molecule has 0 aliphatic carbocycles. The van der Waals surface area contributed by atoms with E-state index in [4.69, 9.17) is 5.84 Å². The molecule has 0 spiro atoms. The average molecular weight is 220 g/mol. The molecular weight excluding hydrogens is 200 g/mol. The Bertz CT molecular complexity index is 340. The zero-order valence-electron chi connectivity index (χ0n) is 9.82. The summed E-state index contributed by atoms with van der Waals surface area (Å²) in [4.78, 5) is 6.54. The van der Waals surface area contributed by atoms with E-state index in [0.29, 0.717) is 0 Å². The number of hydrogen-bond acceptors (Lipinski definition) is 4. The van der Waals surface area contributed by atoms with Crippen molar-refractivity contribution in [1.82, 2.24) is 4.98 Å². The Morgan fingerprint density at radius 3 is 3.25 bits per heavy atom. The van der Waals surface area contributed by atoms with Gasteiger partial charge in [-0.25, -0.2) is 10.8 Å². The Kier molecular flexibility index (Phi) is 3.62. The highest BCUT2D eigenvalue weighted by molar-refractivity contribution is 5.54. The molecule has 0 aromatic carbocycles. The van der Waals surface area contributed by atoms with Crippen LogP contribution in [0.5, 0.6) is 0 Å². The van der Waals surface area contributed by atoms with E-state index >= 15 is 0 Å². The Hall–Kier alpha value is -1.29. The van der Waals surface area contributed by atoms with E-state index in [2.05, 4.69) is 28.3 Å². The van der Waals surface area contributed by atoms with E-state index in [1.54, 1.807) is 6.20 Å². The summed E-state index contributed by atoms with van der Waals surface area (Å²) in [5, 5.41) is 0. The van der Waals surface area contributed by atoms with Crippen molar-refractivity contribution in [2.24, 2.45) is 11.8 Å². The first-order chi connectivity index (χ1) is 7.83. The zero-order chi connectivity index (χ0) is 11.4. The van der Waals surface area contributed by atoms with E-state index in [0.717, 1.165) is 18.3 Å². The van der Waals surface area contributed by atoms with Crippen LogP contribution in [0.2, 0.25) is 0 Å². The standard InChI is InChI=1S/C12H20N4/c1-2-3-10-5-7-16(9-10)11-4-6-14-12(8-11)15-13/h4,6,8,10H,2-3,5,7,9,13H2,1H3,(H,14,15). The van der Waals surface area contributed by atoms with Gasteiger partial charge in [-0.1, -0.05) is 13.3 Å². The average Bonchev–Trinajstić information content (AvgIpc) is 2.78. The summed E-state index contributed by atoms with van der Waals surface area (Å²) in [6.45, 7) is 4.58. The minimum atomic E-state index is 0.733. The van der Waals surface area contributed by atoms with Crippen molar-refractivity contribution in [1.29, 1.82) is 0 Å². The van der Waals surface area contributed by atoms with Gasteiger partial charge in [0.2, 0.25) is 0 Å². The molecule has 4 nitrogen and oxygen atoms in total. The van der Waals surface area contributed by atoms with Gasteiger partial charge in [-0.15, -0.1) is 0 Å². The molecule has 0 saturated carbocycles. The molecule has 0 amide bonds. The van der Waals surface area contributed by atoms with E-state index < -0.39 is 0 Å². The van der Waals surface area contributed by atoms with Gasteiger partial charge in [0.1, 0.15) is 5.82 Å². The number of anilines is 2. The van der Waals surface area contributed by atoms with E-state index in [1.807, 2.05) is 6.07 Å². The molecule has 3 N–H and O–H groups in total. The van der Waals surface area contributed by atoms with Gasteiger partial charge in [0.15, 0.2) is 0 Å². The Morgan fingerprint density at radius 1 is 1.62 bits per heavy atom. The first-order valence-electron chi connectivity index (χ1n) is 6.01. The molecule has 0 bridgehead atoms. The number of aromatic nitrogens is 1. The van der Waals surface area contributed by atoms with Gasteiger partial charge in [0, 0.05) is 31.0 Å². The number of hydrazine groups is 1. The lowest BCUT2D eigenvalue weighted by Gasteiger charge is -2.19. The molecule has 1 atom stereocenters. The van der Waals surface area contributed by atoms with Crippen molar-refractivity contribution in [2.75, 3.05) is 23.4 Å². The summed E-state index contributed by atoms with van der Waals surface area (Å²) in [6, 6.07) is 4.06. The van der Waals surface area contributed by atoms with Crippen molar-refractivity contribution in [3.8, 4) is 0 Å². The normalized spacial score (nSPS) is 20.1. The summed E-state index contributed by atoms with van der Waals surface area (Å²) in [5.41, 5.74) is 3.81. The van der Waals surface area contributed by atoms with Crippen molar-refractivity contribution >= 4 is 11.5 Å². The number of nitrogen functional groups attached to an aromatic ring is 1. The van der Waals surface area contributed by atoms with E-state index in [-0.39, 0.29) is 0 Å². The second-order valence-electron chi connectivity index (χ2n) is 4.43. The Morgan fingerprint density at radius 2 is 2.50 bits per heavy atom. The second kappa shape index (κ2) is 5.16. The highest BCUT2D eigenvalue weighted by Crippen LogP contribution is 2.27. The quantitative estimate of drug-likeness (QED) is 0.602. The highest BCUT2D eigenvalue weighted by atomic mass is 15.3. The number of nitrogens with zero attached hydrogens (tertiary/aromatic N) is 2. The minimum absolute atomic E-state index is 0.733. The molecule has 1 unspecified atom stereocenters. The third kappa shape index (κ3) is 2.44. The highest BCUT2D eigenvalue weighted by Gasteiger charge is 2.21. The molecule has 4 heteroatoms. The predicted octanol–water partition coefficient (Wildman–Crippen LogP) is 1.99. The lowest BCUT2D eigenvalue weighted by Crippen LogP contribution is -2.20. The molecule has 1 aromatic rings. The molecule has 16 heavy (non-hydrogen) atoms. The van der Waals surface area contributed by atoms with Crippen LogP contribution < -0.4 is 16.2 Å². The van der Waals surface area contributed by atoms with Crippen molar-refractivity contribution < 1.29 is 0 Å². The molecule has 1 saturated heterocycles. The van der Waals surface area contributed by atoms with E-state index in [1.165, 1.54) is 31.5 Å². The van der Waals surface area contributed by atoms with Crippen LogP contribution in [0.3, 0.4) is 0 Å². The molecule has 1 aromatic heterocycles. The van der Waals surface area contributed by atoms with Crippen LogP contribution in [0.1, 0.15) is 26.2 Å². The Labute approximate surface area is 96.8 Å². The van der Waals surface area contributed by atoms with Gasteiger partial charge < -0.3 is 10.3 Å². The third-order valence-corrected chi connectivity index (χ3v) is 3.24. The van der Waals surface area contributed by atoms with Crippen LogP contribution in [0.15, 0.2) is 18.3 Å². The Balaban J connectivity index is 2.02. The lowest BCUT2D eigenvalue weighted by molar-refractivity contribution is 0.530. The maximum Gasteiger partial charge on any atom is 0.141 e. The largest absolute Gasteiger partial charge is 0.371 e. The zero-order valence-corrected chi connectivity index (χ0v) is 9.82. The summed E-state index contributed by atoms with van der Waals surface area (Å²) < 4.78 is 0. The molecule has 2 rings (SSSR count). The summed E-state index contributed by atoms with van der Waals surface area (Å²) in [5.74, 6) is 6.95.